The minimum absolute atomic E-state index is 0.0237. The summed E-state index contributed by atoms with van der Waals surface area (Å²) in [5.74, 6) is 0.701. The standard InChI is InChI=1S/C16H23FN2O2/c1-4-5-14(19-8-6-18-7-9-19)12-10-15(20-2)16(21-3)11-13(12)17/h4,10-11,14,18H,1,5-9H2,2-3H3/t14-/m0/s1. The number of benzene rings is 1. The van der Waals surface area contributed by atoms with Crippen molar-refractivity contribution in [2.45, 2.75) is 12.5 Å². The number of hydrogen-bond acceptors (Lipinski definition) is 4. The van der Waals surface area contributed by atoms with Gasteiger partial charge in [-0.3, -0.25) is 4.90 Å². The molecule has 1 aliphatic rings. The summed E-state index contributed by atoms with van der Waals surface area (Å²) in [4.78, 5) is 2.28. The Labute approximate surface area is 125 Å². The fourth-order valence-electron chi connectivity index (χ4n) is 2.75. The van der Waals surface area contributed by atoms with Gasteiger partial charge in [-0.2, -0.15) is 0 Å². The molecule has 1 aromatic carbocycles. The van der Waals surface area contributed by atoms with E-state index >= 15 is 0 Å². The van der Waals surface area contributed by atoms with Gasteiger partial charge in [0.05, 0.1) is 14.2 Å². The highest BCUT2D eigenvalue weighted by Gasteiger charge is 2.25. The SMILES string of the molecule is C=CC[C@@H](c1cc(OC)c(OC)cc1F)N1CCNCC1. The second-order valence-corrected chi connectivity index (χ2v) is 5.05. The molecule has 21 heavy (non-hydrogen) atoms. The summed E-state index contributed by atoms with van der Waals surface area (Å²) < 4.78 is 24.9. The van der Waals surface area contributed by atoms with Crippen LogP contribution in [0.15, 0.2) is 24.8 Å². The minimum Gasteiger partial charge on any atom is -0.493 e. The Hall–Kier alpha value is -1.59. The largest absolute Gasteiger partial charge is 0.493 e. The van der Waals surface area contributed by atoms with Crippen molar-refractivity contribution in [1.29, 1.82) is 0 Å². The molecule has 1 aromatic rings. The molecule has 1 saturated heterocycles. The van der Waals surface area contributed by atoms with Gasteiger partial charge in [-0.25, -0.2) is 4.39 Å². The van der Waals surface area contributed by atoms with Crippen LogP contribution in [0.2, 0.25) is 0 Å². The maximum atomic E-state index is 14.5. The van der Waals surface area contributed by atoms with Crippen LogP contribution < -0.4 is 14.8 Å². The van der Waals surface area contributed by atoms with Crippen LogP contribution >= 0.6 is 0 Å². The molecule has 2 rings (SSSR count). The van der Waals surface area contributed by atoms with Gasteiger partial charge in [-0.05, 0) is 12.5 Å². The van der Waals surface area contributed by atoms with E-state index in [1.807, 2.05) is 6.08 Å². The van der Waals surface area contributed by atoms with E-state index in [4.69, 9.17) is 9.47 Å². The van der Waals surface area contributed by atoms with E-state index in [1.54, 1.807) is 13.2 Å². The van der Waals surface area contributed by atoms with Crippen molar-refractivity contribution in [3.63, 3.8) is 0 Å². The van der Waals surface area contributed by atoms with Crippen LogP contribution in [0.25, 0.3) is 0 Å². The Morgan fingerprint density at radius 1 is 1.29 bits per heavy atom. The second-order valence-electron chi connectivity index (χ2n) is 5.05. The molecule has 0 unspecified atom stereocenters. The number of rotatable bonds is 6. The lowest BCUT2D eigenvalue weighted by Crippen LogP contribution is -2.45. The summed E-state index contributed by atoms with van der Waals surface area (Å²) in [5.41, 5.74) is 0.634. The predicted octanol–water partition coefficient (Wildman–Crippen LogP) is 2.37. The van der Waals surface area contributed by atoms with Gasteiger partial charge in [0.25, 0.3) is 0 Å². The summed E-state index contributed by atoms with van der Waals surface area (Å²) in [6, 6.07) is 3.11. The molecule has 1 atom stereocenters. The van der Waals surface area contributed by atoms with Crippen LogP contribution in [0, 0.1) is 5.82 Å². The molecular weight excluding hydrogens is 271 g/mol. The fraction of sp³-hybridized carbons (Fsp3) is 0.500. The summed E-state index contributed by atoms with van der Waals surface area (Å²) in [6.45, 7) is 7.43. The third-order valence-electron chi connectivity index (χ3n) is 3.84. The second kappa shape index (κ2) is 7.43. The van der Waals surface area contributed by atoms with Gasteiger partial charge in [0.15, 0.2) is 11.5 Å². The summed E-state index contributed by atoms with van der Waals surface area (Å²) in [6.07, 6.45) is 2.54. The van der Waals surface area contributed by atoms with Crippen LogP contribution in [-0.2, 0) is 0 Å². The molecule has 116 valence electrons. The third-order valence-corrected chi connectivity index (χ3v) is 3.84. The average Bonchev–Trinajstić information content (AvgIpc) is 2.53. The number of piperazine rings is 1. The molecule has 1 fully saturated rings. The van der Waals surface area contributed by atoms with Crippen molar-refractivity contribution >= 4 is 0 Å². The van der Waals surface area contributed by atoms with Crippen molar-refractivity contribution in [1.82, 2.24) is 10.2 Å². The lowest BCUT2D eigenvalue weighted by atomic mass is 9.99. The maximum absolute atomic E-state index is 14.5. The van der Waals surface area contributed by atoms with Crippen LogP contribution in [0.5, 0.6) is 11.5 Å². The zero-order valence-electron chi connectivity index (χ0n) is 12.7. The van der Waals surface area contributed by atoms with E-state index < -0.39 is 0 Å². The molecule has 0 amide bonds. The maximum Gasteiger partial charge on any atom is 0.163 e. The molecule has 0 aliphatic carbocycles. The first-order valence-corrected chi connectivity index (χ1v) is 7.18. The number of nitrogens with zero attached hydrogens (tertiary/aromatic N) is 1. The molecular formula is C16H23FN2O2. The fourth-order valence-corrected chi connectivity index (χ4v) is 2.75. The molecule has 1 heterocycles. The first-order chi connectivity index (χ1) is 10.2. The zero-order valence-corrected chi connectivity index (χ0v) is 12.7. The van der Waals surface area contributed by atoms with Gasteiger partial charge in [0, 0.05) is 43.9 Å². The van der Waals surface area contributed by atoms with Crippen LogP contribution in [-0.4, -0.2) is 45.3 Å². The van der Waals surface area contributed by atoms with Gasteiger partial charge in [0.1, 0.15) is 5.82 Å². The van der Waals surface area contributed by atoms with Crippen LogP contribution in [0.3, 0.4) is 0 Å². The molecule has 0 radical (unpaired) electrons. The molecule has 0 saturated carbocycles. The van der Waals surface area contributed by atoms with Crippen molar-refractivity contribution in [3.8, 4) is 11.5 Å². The Morgan fingerprint density at radius 3 is 2.48 bits per heavy atom. The zero-order chi connectivity index (χ0) is 15.2. The first kappa shape index (κ1) is 15.8. The topological polar surface area (TPSA) is 33.7 Å². The Balaban J connectivity index is 2.36. The van der Waals surface area contributed by atoms with Gasteiger partial charge < -0.3 is 14.8 Å². The summed E-state index contributed by atoms with van der Waals surface area (Å²) in [7, 11) is 3.07. The quantitative estimate of drug-likeness (QED) is 0.817. The number of ether oxygens (including phenoxy) is 2. The number of hydrogen-bond donors (Lipinski definition) is 1. The monoisotopic (exact) mass is 294 g/mol. The van der Waals surface area contributed by atoms with Crippen LogP contribution in [0.1, 0.15) is 18.0 Å². The molecule has 0 spiro atoms. The van der Waals surface area contributed by atoms with E-state index in [2.05, 4.69) is 16.8 Å². The first-order valence-electron chi connectivity index (χ1n) is 7.18. The molecule has 1 N–H and O–H groups in total. The third kappa shape index (κ3) is 3.54. The number of nitrogens with one attached hydrogen (secondary N) is 1. The van der Waals surface area contributed by atoms with E-state index in [0.29, 0.717) is 23.5 Å². The number of halogens is 1. The van der Waals surface area contributed by atoms with Gasteiger partial charge in [-0.15, -0.1) is 6.58 Å². The molecule has 0 aromatic heterocycles. The minimum atomic E-state index is -0.266. The van der Waals surface area contributed by atoms with Crippen molar-refractivity contribution in [2.24, 2.45) is 0 Å². The molecule has 4 nitrogen and oxygen atoms in total. The molecule has 0 bridgehead atoms. The lowest BCUT2D eigenvalue weighted by Gasteiger charge is -2.35. The summed E-state index contributed by atoms with van der Waals surface area (Å²) >= 11 is 0. The number of methoxy groups -OCH3 is 2. The summed E-state index contributed by atoms with van der Waals surface area (Å²) in [5, 5.41) is 3.31. The normalized spacial score (nSPS) is 17.3. The predicted molar refractivity (Wildman–Crippen MR) is 81.5 cm³/mol. The van der Waals surface area contributed by atoms with Crippen molar-refractivity contribution in [2.75, 3.05) is 40.4 Å². The van der Waals surface area contributed by atoms with E-state index in [1.165, 1.54) is 13.2 Å². The van der Waals surface area contributed by atoms with Gasteiger partial charge in [-0.1, -0.05) is 6.08 Å². The van der Waals surface area contributed by atoms with Crippen LogP contribution in [0.4, 0.5) is 4.39 Å². The van der Waals surface area contributed by atoms with Gasteiger partial charge in [0.2, 0.25) is 0 Å². The smallest absolute Gasteiger partial charge is 0.163 e. The Morgan fingerprint density at radius 2 is 1.90 bits per heavy atom. The Bertz CT molecular complexity index is 487. The average molecular weight is 294 g/mol. The van der Waals surface area contributed by atoms with Gasteiger partial charge >= 0.3 is 0 Å². The lowest BCUT2D eigenvalue weighted by molar-refractivity contribution is 0.171. The van der Waals surface area contributed by atoms with E-state index in [9.17, 15) is 4.39 Å². The van der Waals surface area contributed by atoms with Crippen molar-refractivity contribution < 1.29 is 13.9 Å². The highest BCUT2D eigenvalue weighted by molar-refractivity contribution is 5.45. The molecule has 1 aliphatic heterocycles. The van der Waals surface area contributed by atoms with Crippen molar-refractivity contribution in [3.05, 3.63) is 36.2 Å². The Kier molecular flexibility index (Phi) is 5.59. The highest BCUT2D eigenvalue weighted by atomic mass is 19.1. The van der Waals surface area contributed by atoms with E-state index in [-0.39, 0.29) is 11.9 Å². The molecule has 5 heteroatoms. The van der Waals surface area contributed by atoms with E-state index in [0.717, 1.165) is 26.2 Å². The highest BCUT2D eigenvalue weighted by Crippen LogP contribution is 2.35.